The molecule has 6 unspecified atom stereocenters. The third-order valence-corrected chi connectivity index (χ3v) is 8.72. The number of carbonyl (C=O) groups is 2. The summed E-state index contributed by atoms with van der Waals surface area (Å²) in [7, 11) is 0. The molecule has 0 bridgehead atoms. The summed E-state index contributed by atoms with van der Waals surface area (Å²) in [6, 6.07) is 0. The zero-order valence-electron chi connectivity index (χ0n) is 15.2. The average Bonchev–Trinajstić information content (AvgIpc) is 3.23. The Labute approximate surface area is 166 Å². The molecular formula is C20H18F6O2S. The van der Waals surface area contributed by atoms with Gasteiger partial charge in [0.15, 0.2) is 11.6 Å². The predicted molar refractivity (Wildman–Crippen MR) is 92.2 cm³/mol. The van der Waals surface area contributed by atoms with Crippen molar-refractivity contribution in [3.63, 3.8) is 0 Å². The average molecular weight is 436 g/mol. The lowest BCUT2D eigenvalue weighted by Gasteiger charge is -2.34. The van der Waals surface area contributed by atoms with Gasteiger partial charge in [-0.25, -0.2) is 0 Å². The molecular weight excluding hydrogens is 418 g/mol. The number of rotatable bonds is 0. The van der Waals surface area contributed by atoms with Gasteiger partial charge >= 0.3 is 12.4 Å². The van der Waals surface area contributed by atoms with Crippen LogP contribution in [0, 0.1) is 23.7 Å². The summed E-state index contributed by atoms with van der Waals surface area (Å²) in [5.41, 5.74) is 1.40. The van der Waals surface area contributed by atoms with Crippen LogP contribution in [0.5, 0.6) is 0 Å². The van der Waals surface area contributed by atoms with E-state index in [-0.39, 0.29) is 61.9 Å². The molecule has 29 heavy (non-hydrogen) atoms. The quantitative estimate of drug-likeness (QED) is 0.450. The zero-order chi connectivity index (χ0) is 20.9. The van der Waals surface area contributed by atoms with E-state index in [4.69, 9.17) is 0 Å². The Morgan fingerprint density at radius 2 is 1.00 bits per heavy atom. The predicted octanol–water partition coefficient (Wildman–Crippen LogP) is 6.27. The normalized spacial score (nSPS) is 36.6. The van der Waals surface area contributed by atoms with Crippen molar-refractivity contribution in [1.29, 1.82) is 0 Å². The molecule has 1 heterocycles. The van der Waals surface area contributed by atoms with E-state index in [9.17, 15) is 35.9 Å². The summed E-state index contributed by atoms with van der Waals surface area (Å²) in [5, 5.41) is 0. The Kier molecular flexibility index (Phi) is 4.10. The molecule has 158 valence electrons. The van der Waals surface area contributed by atoms with Crippen LogP contribution in [0.3, 0.4) is 0 Å². The molecule has 6 atom stereocenters. The number of halogens is 6. The molecule has 0 N–H and O–H groups in total. The SMILES string of the molecule is O=C1c2sc3c(c2C2CCC(C(F)(F)F)CC12)C1CCC(C(F)(F)F)CC1C3=O. The second-order valence-corrected chi connectivity index (χ2v) is 9.87. The molecule has 0 amide bonds. The molecule has 1 aromatic heterocycles. The maximum atomic E-state index is 13.2. The lowest BCUT2D eigenvalue weighted by molar-refractivity contribution is -0.186. The first-order valence-electron chi connectivity index (χ1n) is 9.87. The standard InChI is InChI=1S/C20H18F6O2S/c21-19(22,23)7-1-3-9-11(5-7)15(27)17-13(9)14-10-4-2-8(20(24,25)26)6-12(10)16(28)18(14)29-17/h7-12H,1-6H2. The van der Waals surface area contributed by atoms with E-state index in [2.05, 4.69) is 0 Å². The molecule has 4 aliphatic rings. The molecule has 9 heteroatoms. The van der Waals surface area contributed by atoms with E-state index in [1.54, 1.807) is 0 Å². The molecule has 1 aromatic rings. The van der Waals surface area contributed by atoms with E-state index in [0.717, 1.165) is 11.3 Å². The minimum absolute atomic E-state index is 0.0554. The number of Topliss-reactive ketones (excluding diaryl/α,β-unsaturated/α-hetero) is 2. The van der Waals surface area contributed by atoms with Crippen molar-refractivity contribution in [2.45, 2.75) is 62.7 Å². The van der Waals surface area contributed by atoms with E-state index >= 15 is 0 Å². The molecule has 5 rings (SSSR count). The Morgan fingerprint density at radius 1 is 0.621 bits per heavy atom. The Morgan fingerprint density at radius 3 is 1.34 bits per heavy atom. The largest absolute Gasteiger partial charge is 0.391 e. The molecule has 0 spiro atoms. The van der Waals surface area contributed by atoms with Crippen LogP contribution in [0.15, 0.2) is 0 Å². The van der Waals surface area contributed by atoms with Crippen LogP contribution in [0.1, 0.15) is 80.8 Å². The van der Waals surface area contributed by atoms with Crippen molar-refractivity contribution >= 4 is 22.9 Å². The highest BCUT2D eigenvalue weighted by Crippen LogP contribution is 2.61. The Bertz CT molecular complexity index is 828. The van der Waals surface area contributed by atoms with Crippen LogP contribution in [0.25, 0.3) is 0 Å². The van der Waals surface area contributed by atoms with Crippen LogP contribution in [-0.4, -0.2) is 23.9 Å². The van der Waals surface area contributed by atoms with Gasteiger partial charge in [0.2, 0.25) is 0 Å². The highest BCUT2D eigenvalue weighted by atomic mass is 32.1. The minimum Gasteiger partial charge on any atom is -0.293 e. The molecule has 0 saturated heterocycles. The van der Waals surface area contributed by atoms with Crippen molar-refractivity contribution in [2.24, 2.45) is 23.7 Å². The number of thiophene rings is 1. The number of hydrogen-bond donors (Lipinski definition) is 0. The summed E-state index contributed by atoms with van der Waals surface area (Å²) in [5.74, 6) is -5.72. The Hall–Kier alpha value is -1.38. The summed E-state index contributed by atoms with van der Waals surface area (Å²) < 4.78 is 79.0. The smallest absolute Gasteiger partial charge is 0.293 e. The number of fused-ring (bicyclic) bond motifs is 7. The van der Waals surface area contributed by atoms with E-state index in [1.807, 2.05) is 0 Å². The van der Waals surface area contributed by atoms with Gasteiger partial charge in [-0.1, -0.05) is 0 Å². The van der Waals surface area contributed by atoms with Crippen molar-refractivity contribution in [2.75, 3.05) is 0 Å². The van der Waals surface area contributed by atoms with Crippen molar-refractivity contribution in [3.05, 3.63) is 20.9 Å². The van der Waals surface area contributed by atoms with Crippen molar-refractivity contribution in [1.82, 2.24) is 0 Å². The lowest BCUT2D eigenvalue weighted by Crippen LogP contribution is -2.33. The van der Waals surface area contributed by atoms with Crippen LogP contribution in [0.4, 0.5) is 26.3 Å². The highest BCUT2D eigenvalue weighted by Gasteiger charge is 2.57. The number of carbonyl (C=O) groups excluding carboxylic acids is 2. The molecule has 0 aromatic carbocycles. The first-order chi connectivity index (χ1) is 13.5. The number of alkyl halides is 6. The van der Waals surface area contributed by atoms with E-state index in [1.165, 1.54) is 0 Å². The number of ketones is 2. The van der Waals surface area contributed by atoms with E-state index < -0.39 is 36.0 Å². The third kappa shape index (κ3) is 2.75. The van der Waals surface area contributed by atoms with Gasteiger partial charge < -0.3 is 0 Å². The van der Waals surface area contributed by atoms with Gasteiger partial charge in [-0.15, -0.1) is 11.3 Å². The fraction of sp³-hybridized carbons (Fsp3) is 0.700. The topological polar surface area (TPSA) is 34.1 Å². The lowest BCUT2D eigenvalue weighted by atomic mass is 9.70. The van der Waals surface area contributed by atoms with Gasteiger partial charge in [-0.3, -0.25) is 9.59 Å². The fourth-order valence-electron chi connectivity index (χ4n) is 6.10. The second kappa shape index (κ2) is 6.08. The minimum atomic E-state index is -4.33. The monoisotopic (exact) mass is 436 g/mol. The molecule has 4 aliphatic carbocycles. The van der Waals surface area contributed by atoms with Crippen molar-refractivity contribution < 1.29 is 35.9 Å². The molecule has 2 fully saturated rings. The fourth-order valence-corrected chi connectivity index (χ4v) is 7.55. The second-order valence-electron chi connectivity index (χ2n) is 8.85. The maximum Gasteiger partial charge on any atom is 0.391 e. The van der Waals surface area contributed by atoms with Crippen LogP contribution in [0.2, 0.25) is 0 Å². The first kappa shape index (κ1) is 19.6. The van der Waals surface area contributed by atoms with Crippen molar-refractivity contribution in [3.8, 4) is 0 Å². The van der Waals surface area contributed by atoms with Crippen LogP contribution in [-0.2, 0) is 0 Å². The summed E-state index contributed by atoms with van der Waals surface area (Å²) in [6.45, 7) is 0. The number of hydrogen-bond acceptors (Lipinski definition) is 3. The first-order valence-corrected chi connectivity index (χ1v) is 10.7. The maximum absolute atomic E-state index is 13.2. The molecule has 2 nitrogen and oxygen atoms in total. The summed E-state index contributed by atoms with van der Waals surface area (Å²) in [4.78, 5) is 26.5. The summed E-state index contributed by atoms with van der Waals surface area (Å²) in [6.07, 6.45) is -8.79. The Balaban J connectivity index is 1.48. The van der Waals surface area contributed by atoms with Gasteiger partial charge in [0.05, 0.1) is 21.6 Å². The van der Waals surface area contributed by atoms with Gasteiger partial charge in [0, 0.05) is 11.8 Å². The third-order valence-electron chi connectivity index (χ3n) is 7.47. The van der Waals surface area contributed by atoms with Gasteiger partial charge in [0.25, 0.3) is 0 Å². The van der Waals surface area contributed by atoms with Gasteiger partial charge in [0.1, 0.15) is 0 Å². The van der Waals surface area contributed by atoms with Crippen LogP contribution >= 0.6 is 11.3 Å². The van der Waals surface area contributed by atoms with Gasteiger partial charge in [-0.05, 0) is 61.5 Å². The van der Waals surface area contributed by atoms with Gasteiger partial charge in [-0.2, -0.15) is 26.3 Å². The summed E-state index contributed by atoms with van der Waals surface area (Å²) >= 11 is 1.02. The molecule has 0 radical (unpaired) electrons. The molecule has 0 aliphatic heterocycles. The van der Waals surface area contributed by atoms with E-state index in [0.29, 0.717) is 20.9 Å². The highest BCUT2D eigenvalue weighted by molar-refractivity contribution is 7.16. The van der Waals surface area contributed by atoms with Crippen LogP contribution < -0.4 is 0 Å². The molecule has 2 saturated carbocycles. The zero-order valence-corrected chi connectivity index (χ0v) is 16.0.